The van der Waals surface area contributed by atoms with Gasteiger partial charge in [-0.3, -0.25) is 9.69 Å². The van der Waals surface area contributed by atoms with Crippen molar-refractivity contribution in [2.75, 3.05) is 26.2 Å². The van der Waals surface area contributed by atoms with Gasteiger partial charge >= 0.3 is 0 Å². The maximum Gasteiger partial charge on any atom is 0.269 e. The van der Waals surface area contributed by atoms with Crippen molar-refractivity contribution in [1.29, 1.82) is 0 Å². The van der Waals surface area contributed by atoms with Crippen molar-refractivity contribution < 1.29 is 9.90 Å². The highest BCUT2D eigenvalue weighted by Gasteiger charge is 2.22. The highest BCUT2D eigenvalue weighted by molar-refractivity contribution is 5.92. The van der Waals surface area contributed by atoms with Crippen molar-refractivity contribution in [2.24, 2.45) is 0 Å². The lowest BCUT2D eigenvalue weighted by Gasteiger charge is -2.22. The Labute approximate surface area is 125 Å². The number of amides is 1. The number of unbranched alkanes of at least 4 members (excludes halogenated alkanes) is 1. The number of aromatic amines is 1. The summed E-state index contributed by atoms with van der Waals surface area (Å²) in [5.41, 5.74) is 0.534. The first-order chi connectivity index (χ1) is 10.2. The summed E-state index contributed by atoms with van der Waals surface area (Å²) in [6.45, 7) is 5.03. The molecule has 6 nitrogen and oxygen atoms in total. The lowest BCUT2D eigenvalue weighted by molar-refractivity contribution is 0.0947. The minimum absolute atomic E-state index is 0.0865. The Balaban J connectivity index is 1.60. The molecule has 1 atom stereocenters. The lowest BCUT2D eigenvalue weighted by atomic mass is 10.2. The van der Waals surface area contributed by atoms with Gasteiger partial charge in [0.2, 0.25) is 0 Å². The molecular formula is C15H26N4O2. The fourth-order valence-corrected chi connectivity index (χ4v) is 2.79. The summed E-state index contributed by atoms with van der Waals surface area (Å²) in [6, 6.07) is 0.344. The molecule has 1 aromatic heterocycles. The number of imidazole rings is 1. The van der Waals surface area contributed by atoms with Crippen LogP contribution in [0.1, 0.15) is 48.9 Å². The SMILES string of the molecule is CCc1ncc(C(=O)NCCCCN2CCCC2CO)[nH]1. The van der Waals surface area contributed by atoms with E-state index in [0.29, 0.717) is 18.3 Å². The van der Waals surface area contributed by atoms with Crippen LogP contribution in [0.2, 0.25) is 0 Å². The number of aromatic nitrogens is 2. The normalized spacial score (nSPS) is 19.0. The van der Waals surface area contributed by atoms with Crippen LogP contribution in [0, 0.1) is 0 Å². The van der Waals surface area contributed by atoms with Crippen molar-refractivity contribution in [3.63, 3.8) is 0 Å². The van der Waals surface area contributed by atoms with Crippen LogP contribution in [0.4, 0.5) is 0 Å². The molecule has 21 heavy (non-hydrogen) atoms. The third kappa shape index (κ3) is 4.54. The van der Waals surface area contributed by atoms with Gasteiger partial charge in [0.15, 0.2) is 0 Å². The van der Waals surface area contributed by atoms with Crippen molar-refractivity contribution in [2.45, 2.75) is 45.1 Å². The van der Waals surface area contributed by atoms with Gasteiger partial charge in [-0.2, -0.15) is 0 Å². The van der Waals surface area contributed by atoms with E-state index >= 15 is 0 Å². The number of hydrogen-bond acceptors (Lipinski definition) is 4. The van der Waals surface area contributed by atoms with Crippen LogP contribution >= 0.6 is 0 Å². The van der Waals surface area contributed by atoms with Gasteiger partial charge in [-0.1, -0.05) is 6.92 Å². The second-order valence-electron chi connectivity index (χ2n) is 5.57. The average molecular weight is 294 g/mol. The first-order valence-electron chi connectivity index (χ1n) is 7.91. The van der Waals surface area contributed by atoms with Gasteiger partial charge in [0, 0.05) is 19.0 Å². The zero-order valence-electron chi connectivity index (χ0n) is 12.8. The van der Waals surface area contributed by atoms with Crippen LogP contribution in [0.25, 0.3) is 0 Å². The average Bonchev–Trinajstić information content (AvgIpc) is 3.15. The molecule has 118 valence electrons. The topological polar surface area (TPSA) is 81.2 Å². The van der Waals surface area contributed by atoms with Crippen LogP contribution in [-0.4, -0.2) is 58.2 Å². The number of nitrogens with one attached hydrogen (secondary N) is 2. The quantitative estimate of drug-likeness (QED) is 0.623. The second-order valence-corrected chi connectivity index (χ2v) is 5.57. The minimum atomic E-state index is -0.0865. The number of likely N-dealkylation sites (tertiary alicyclic amines) is 1. The van der Waals surface area contributed by atoms with Crippen molar-refractivity contribution in [3.8, 4) is 0 Å². The summed E-state index contributed by atoms with van der Waals surface area (Å²) in [6.07, 6.45) is 6.67. The third-order valence-corrected chi connectivity index (χ3v) is 4.08. The molecule has 1 aliphatic heterocycles. The summed E-state index contributed by atoms with van der Waals surface area (Å²) in [7, 11) is 0. The molecule has 1 unspecified atom stereocenters. The molecule has 0 bridgehead atoms. The maximum absolute atomic E-state index is 11.9. The van der Waals surface area contributed by atoms with E-state index in [2.05, 4.69) is 20.2 Å². The highest BCUT2D eigenvalue weighted by Crippen LogP contribution is 2.16. The van der Waals surface area contributed by atoms with E-state index in [1.54, 1.807) is 6.20 Å². The van der Waals surface area contributed by atoms with Gasteiger partial charge < -0.3 is 15.4 Å². The van der Waals surface area contributed by atoms with Crippen molar-refractivity contribution in [3.05, 3.63) is 17.7 Å². The molecule has 3 N–H and O–H groups in total. The van der Waals surface area contributed by atoms with E-state index in [-0.39, 0.29) is 12.5 Å². The molecule has 2 heterocycles. The van der Waals surface area contributed by atoms with Crippen LogP contribution < -0.4 is 5.32 Å². The molecule has 0 aromatic carbocycles. The number of aryl methyl sites for hydroxylation is 1. The summed E-state index contributed by atoms with van der Waals surface area (Å²) in [5.74, 6) is 0.751. The maximum atomic E-state index is 11.9. The van der Waals surface area contributed by atoms with E-state index in [0.717, 1.165) is 44.6 Å². The van der Waals surface area contributed by atoms with Gasteiger partial charge in [0.1, 0.15) is 11.5 Å². The van der Waals surface area contributed by atoms with Gasteiger partial charge in [0.05, 0.1) is 12.8 Å². The van der Waals surface area contributed by atoms with E-state index in [1.165, 1.54) is 6.42 Å². The Bertz CT molecular complexity index is 447. The predicted octanol–water partition coefficient (Wildman–Crippen LogP) is 0.939. The van der Waals surface area contributed by atoms with E-state index in [1.807, 2.05) is 6.92 Å². The Morgan fingerprint density at radius 3 is 3.14 bits per heavy atom. The fourth-order valence-electron chi connectivity index (χ4n) is 2.79. The fraction of sp³-hybridized carbons (Fsp3) is 0.733. The van der Waals surface area contributed by atoms with Crippen molar-refractivity contribution >= 4 is 5.91 Å². The number of aliphatic hydroxyl groups excluding tert-OH is 1. The summed E-state index contributed by atoms with van der Waals surface area (Å²) >= 11 is 0. The number of carbonyl (C=O) groups is 1. The van der Waals surface area contributed by atoms with E-state index < -0.39 is 0 Å². The highest BCUT2D eigenvalue weighted by atomic mass is 16.3. The minimum Gasteiger partial charge on any atom is -0.395 e. The number of H-pyrrole nitrogens is 1. The number of hydrogen-bond donors (Lipinski definition) is 3. The molecular weight excluding hydrogens is 268 g/mol. The van der Waals surface area contributed by atoms with Gasteiger partial charge in [-0.05, 0) is 38.8 Å². The Hall–Kier alpha value is -1.40. The summed E-state index contributed by atoms with van der Waals surface area (Å²) in [4.78, 5) is 21.3. The third-order valence-electron chi connectivity index (χ3n) is 4.08. The number of aliphatic hydroxyl groups is 1. The number of carbonyl (C=O) groups excluding carboxylic acids is 1. The Kier molecular flexibility index (Phi) is 6.20. The molecule has 0 spiro atoms. The molecule has 1 saturated heterocycles. The lowest BCUT2D eigenvalue weighted by Crippen LogP contribution is -2.33. The molecule has 1 aromatic rings. The van der Waals surface area contributed by atoms with Crippen LogP contribution in [0.5, 0.6) is 0 Å². The largest absolute Gasteiger partial charge is 0.395 e. The molecule has 1 amide bonds. The van der Waals surface area contributed by atoms with Gasteiger partial charge in [0.25, 0.3) is 5.91 Å². The predicted molar refractivity (Wildman–Crippen MR) is 81.2 cm³/mol. The zero-order chi connectivity index (χ0) is 15.1. The first-order valence-corrected chi connectivity index (χ1v) is 7.91. The molecule has 0 radical (unpaired) electrons. The Morgan fingerprint density at radius 1 is 1.57 bits per heavy atom. The molecule has 6 heteroatoms. The molecule has 1 fully saturated rings. The van der Waals surface area contributed by atoms with Gasteiger partial charge in [-0.15, -0.1) is 0 Å². The van der Waals surface area contributed by atoms with Crippen molar-refractivity contribution in [1.82, 2.24) is 20.2 Å². The first kappa shape index (κ1) is 16.0. The molecule has 2 rings (SSSR count). The number of nitrogens with zero attached hydrogens (tertiary/aromatic N) is 2. The monoisotopic (exact) mass is 294 g/mol. The zero-order valence-corrected chi connectivity index (χ0v) is 12.8. The van der Waals surface area contributed by atoms with Crippen LogP contribution in [-0.2, 0) is 6.42 Å². The molecule has 1 aliphatic rings. The summed E-state index contributed by atoms with van der Waals surface area (Å²) in [5, 5.41) is 12.2. The second kappa shape index (κ2) is 8.14. The molecule has 0 aliphatic carbocycles. The number of rotatable bonds is 8. The van der Waals surface area contributed by atoms with Crippen LogP contribution in [0.15, 0.2) is 6.20 Å². The van der Waals surface area contributed by atoms with E-state index in [4.69, 9.17) is 0 Å². The standard InChI is InChI=1S/C15H26N4O2/c1-2-14-17-10-13(18-14)15(21)16-7-3-4-8-19-9-5-6-12(19)11-20/h10,12,20H,2-9,11H2,1H3,(H,16,21)(H,17,18). The molecule has 0 saturated carbocycles. The summed E-state index contributed by atoms with van der Waals surface area (Å²) < 4.78 is 0. The van der Waals surface area contributed by atoms with Crippen LogP contribution in [0.3, 0.4) is 0 Å². The Morgan fingerprint density at radius 2 is 2.43 bits per heavy atom. The smallest absolute Gasteiger partial charge is 0.269 e. The van der Waals surface area contributed by atoms with E-state index in [9.17, 15) is 9.90 Å². The van der Waals surface area contributed by atoms with Gasteiger partial charge in [-0.25, -0.2) is 4.98 Å².